The lowest BCUT2D eigenvalue weighted by Crippen LogP contribution is -3.07. The Labute approximate surface area is 169 Å². The molecule has 1 atom stereocenters. The first-order valence-corrected chi connectivity index (χ1v) is 10.1. The molecule has 0 fully saturated rings. The fraction of sp³-hybridized carbons (Fsp3) is 0.350. The number of furan rings is 1. The maximum absolute atomic E-state index is 12.4. The van der Waals surface area contributed by atoms with Crippen molar-refractivity contribution in [2.75, 3.05) is 26.4 Å². The fourth-order valence-electron chi connectivity index (χ4n) is 3.03. The molecule has 3 rings (SSSR count). The van der Waals surface area contributed by atoms with Crippen LogP contribution in [0.1, 0.15) is 17.4 Å². The first-order chi connectivity index (χ1) is 13.5. The van der Waals surface area contributed by atoms with E-state index in [4.69, 9.17) is 4.42 Å². The van der Waals surface area contributed by atoms with Crippen LogP contribution in [0.5, 0.6) is 0 Å². The van der Waals surface area contributed by atoms with Crippen LogP contribution in [0.2, 0.25) is 0 Å². The van der Waals surface area contributed by atoms with Crippen LogP contribution in [0.15, 0.2) is 52.2 Å². The quantitative estimate of drug-likeness (QED) is 0.560. The van der Waals surface area contributed by atoms with Crippen molar-refractivity contribution in [3.05, 3.63) is 54.0 Å². The summed E-state index contributed by atoms with van der Waals surface area (Å²) in [6.45, 7) is 2.48. The molecular formula is C20H26N5O2S+. The summed E-state index contributed by atoms with van der Waals surface area (Å²) < 4.78 is 7.22. The molecule has 148 valence electrons. The average molecular weight is 401 g/mol. The normalized spacial score (nSPS) is 12.3. The molecular weight excluding hydrogens is 374 g/mol. The van der Waals surface area contributed by atoms with Gasteiger partial charge < -0.3 is 19.2 Å². The number of likely N-dealkylation sites (N-methyl/N-ethyl adjacent to an activating group) is 1. The van der Waals surface area contributed by atoms with E-state index < -0.39 is 0 Å². The van der Waals surface area contributed by atoms with E-state index in [9.17, 15) is 4.79 Å². The Balaban J connectivity index is 1.56. The molecule has 7 nitrogen and oxygen atoms in total. The van der Waals surface area contributed by atoms with Gasteiger partial charge in [0, 0.05) is 12.6 Å². The number of aromatic nitrogens is 3. The maximum Gasteiger partial charge on any atom is 0.230 e. The lowest BCUT2D eigenvalue weighted by molar-refractivity contribution is -0.890. The van der Waals surface area contributed by atoms with Gasteiger partial charge in [-0.3, -0.25) is 4.79 Å². The zero-order valence-corrected chi connectivity index (χ0v) is 17.4. The highest BCUT2D eigenvalue weighted by atomic mass is 32.2. The summed E-state index contributed by atoms with van der Waals surface area (Å²) in [4.78, 5) is 13.6. The van der Waals surface area contributed by atoms with Gasteiger partial charge in [-0.05, 0) is 13.0 Å². The molecule has 2 heterocycles. The number of nitrogens with zero attached hydrogens (tertiary/aromatic N) is 3. The zero-order chi connectivity index (χ0) is 20.1. The van der Waals surface area contributed by atoms with Crippen LogP contribution in [-0.4, -0.2) is 47.1 Å². The van der Waals surface area contributed by atoms with Gasteiger partial charge in [0.2, 0.25) is 5.91 Å². The molecule has 0 saturated carbocycles. The van der Waals surface area contributed by atoms with Gasteiger partial charge in [0.15, 0.2) is 11.0 Å². The van der Waals surface area contributed by atoms with Crippen molar-refractivity contribution in [2.45, 2.75) is 18.1 Å². The highest BCUT2D eigenvalue weighted by Gasteiger charge is 2.19. The topological polar surface area (TPSA) is 77.4 Å². The molecule has 1 amide bonds. The van der Waals surface area contributed by atoms with Crippen molar-refractivity contribution in [3.63, 3.8) is 0 Å². The second kappa shape index (κ2) is 9.07. The molecule has 8 heteroatoms. The van der Waals surface area contributed by atoms with Gasteiger partial charge in [0.25, 0.3) is 0 Å². The summed E-state index contributed by atoms with van der Waals surface area (Å²) in [5.41, 5.74) is 2.12. The zero-order valence-electron chi connectivity index (χ0n) is 16.6. The summed E-state index contributed by atoms with van der Waals surface area (Å²) >= 11 is 1.37. The number of thioether (sulfide) groups is 1. The van der Waals surface area contributed by atoms with Crippen molar-refractivity contribution in [1.82, 2.24) is 20.1 Å². The van der Waals surface area contributed by atoms with Gasteiger partial charge in [-0.1, -0.05) is 42.1 Å². The minimum atomic E-state index is -0.0174. The average Bonchev–Trinajstić information content (AvgIpc) is 3.26. The Kier molecular flexibility index (Phi) is 6.53. The van der Waals surface area contributed by atoms with Crippen LogP contribution in [0.25, 0.3) is 11.4 Å². The van der Waals surface area contributed by atoms with Gasteiger partial charge in [-0.15, -0.1) is 10.2 Å². The Hall–Kier alpha value is -2.58. The summed E-state index contributed by atoms with van der Waals surface area (Å²) in [7, 11) is 6.08. The molecule has 0 radical (unpaired) electrons. The SMILES string of the molecule is Cc1occc1-c1nnc(SCC(=O)NC[C@H](c2ccccc2)[NH+](C)C)n1C. The molecule has 0 aliphatic rings. The van der Waals surface area contributed by atoms with E-state index in [0.29, 0.717) is 17.5 Å². The number of hydrogen-bond donors (Lipinski definition) is 2. The molecule has 0 aliphatic heterocycles. The van der Waals surface area contributed by atoms with E-state index in [1.165, 1.54) is 22.2 Å². The number of carbonyl (C=O) groups is 1. The molecule has 0 aliphatic carbocycles. The van der Waals surface area contributed by atoms with Gasteiger partial charge in [-0.2, -0.15) is 0 Å². The lowest BCUT2D eigenvalue weighted by Gasteiger charge is -2.22. The highest BCUT2D eigenvalue weighted by molar-refractivity contribution is 7.99. The second-order valence-electron chi connectivity index (χ2n) is 6.89. The monoisotopic (exact) mass is 400 g/mol. The third-order valence-corrected chi connectivity index (χ3v) is 5.69. The van der Waals surface area contributed by atoms with E-state index in [-0.39, 0.29) is 11.9 Å². The van der Waals surface area contributed by atoms with Crippen LogP contribution in [0, 0.1) is 6.92 Å². The van der Waals surface area contributed by atoms with Crippen molar-refractivity contribution in [3.8, 4) is 11.4 Å². The molecule has 0 saturated heterocycles. The summed E-state index contributed by atoms with van der Waals surface area (Å²) in [5, 5.41) is 12.2. The van der Waals surface area contributed by atoms with Crippen LogP contribution in [0.4, 0.5) is 0 Å². The maximum atomic E-state index is 12.4. The lowest BCUT2D eigenvalue weighted by atomic mass is 10.1. The third-order valence-electron chi connectivity index (χ3n) is 4.67. The number of nitrogens with one attached hydrogen (secondary N) is 2. The van der Waals surface area contributed by atoms with Gasteiger partial charge in [0.1, 0.15) is 11.8 Å². The fourth-order valence-corrected chi connectivity index (χ4v) is 3.77. The van der Waals surface area contributed by atoms with Crippen molar-refractivity contribution >= 4 is 17.7 Å². The predicted octanol–water partition coefficient (Wildman–Crippen LogP) is 1.48. The van der Waals surface area contributed by atoms with E-state index in [2.05, 4.69) is 41.7 Å². The first kappa shape index (κ1) is 20.2. The minimum absolute atomic E-state index is 0.0174. The molecule has 0 unspecified atom stereocenters. The van der Waals surface area contributed by atoms with Gasteiger partial charge in [0.05, 0.1) is 38.2 Å². The van der Waals surface area contributed by atoms with E-state index in [0.717, 1.165) is 17.1 Å². The van der Waals surface area contributed by atoms with Crippen LogP contribution < -0.4 is 10.2 Å². The summed E-state index contributed by atoms with van der Waals surface area (Å²) in [6, 6.07) is 12.3. The molecule has 28 heavy (non-hydrogen) atoms. The van der Waals surface area contributed by atoms with Crippen molar-refractivity contribution < 1.29 is 14.1 Å². The van der Waals surface area contributed by atoms with E-state index in [1.54, 1.807) is 6.26 Å². The number of benzene rings is 1. The Morgan fingerprint density at radius 1 is 1.25 bits per heavy atom. The standard InChI is InChI=1S/C20H25N5O2S/c1-14-16(10-11-27-14)19-22-23-20(25(19)4)28-13-18(26)21-12-17(24(2)3)15-8-6-5-7-9-15/h5-11,17H,12-13H2,1-4H3,(H,21,26)/p+1/t17-/m1/s1. The number of amides is 1. The van der Waals surface area contributed by atoms with E-state index >= 15 is 0 Å². The third kappa shape index (κ3) is 4.63. The number of aryl methyl sites for hydroxylation is 1. The Morgan fingerprint density at radius 3 is 2.64 bits per heavy atom. The van der Waals surface area contributed by atoms with Crippen LogP contribution >= 0.6 is 11.8 Å². The number of rotatable bonds is 8. The van der Waals surface area contributed by atoms with Crippen molar-refractivity contribution in [2.24, 2.45) is 7.05 Å². The highest BCUT2D eigenvalue weighted by Crippen LogP contribution is 2.25. The molecule has 1 aromatic carbocycles. The van der Waals surface area contributed by atoms with Crippen LogP contribution in [-0.2, 0) is 11.8 Å². The second-order valence-corrected chi connectivity index (χ2v) is 7.83. The minimum Gasteiger partial charge on any atom is -0.469 e. The summed E-state index contributed by atoms with van der Waals surface area (Å²) in [6.07, 6.45) is 1.63. The molecule has 2 aromatic heterocycles. The van der Waals surface area contributed by atoms with Crippen molar-refractivity contribution in [1.29, 1.82) is 0 Å². The van der Waals surface area contributed by atoms with Gasteiger partial charge >= 0.3 is 0 Å². The number of quaternary nitrogens is 1. The molecule has 3 aromatic rings. The molecule has 0 bridgehead atoms. The first-order valence-electron chi connectivity index (χ1n) is 9.15. The number of carbonyl (C=O) groups excluding carboxylic acids is 1. The smallest absolute Gasteiger partial charge is 0.230 e. The van der Waals surface area contributed by atoms with Crippen LogP contribution in [0.3, 0.4) is 0 Å². The Bertz CT molecular complexity index is 920. The number of hydrogen-bond acceptors (Lipinski definition) is 5. The van der Waals surface area contributed by atoms with Gasteiger partial charge in [-0.25, -0.2) is 0 Å². The molecule has 2 N–H and O–H groups in total. The Morgan fingerprint density at radius 2 is 2.00 bits per heavy atom. The molecule has 0 spiro atoms. The predicted molar refractivity (Wildman–Crippen MR) is 109 cm³/mol. The van der Waals surface area contributed by atoms with E-state index in [1.807, 2.05) is 42.8 Å². The summed E-state index contributed by atoms with van der Waals surface area (Å²) in [5.74, 6) is 1.80. The largest absolute Gasteiger partial charge is 0.469 e.